The van der Waals surface area contributed by atoms with Crippen molar-refractivity contribution < 1.29 is 4.42 Å². The van der Waals surface area contributed by atoms with Gasteiger partial charge in [-0.25, -0.2) is 0 Å². The smallest absolute Gasteiger partial charge is 0.236 e. The highest BCUT2D eigenvalue weighted by Crippen LogP contribution is 2.25. The zero-order chi connectivity index (χ0) is 14.8. The highest BCUT2D eigenvalue weighted by Gasteiger charge is 2.12. The zero-order valence-electron chi connectivity index (χ0n) is 12.1. The monoisotopic (exact) mass is 304 g/mol. The molecule has 0 radical (unpaired) electrons. The fourth-order valence-electron chi connectivity index (χ4n) is 2.44. The minimum atomic E-state index is 0.549. The second-order valence-electron chi connectivity index (χ2n) is 4.92. The lowest BCUT2D eigenvalue weighted by Gasteiger charge is -2.01. The summed E-state index contributed by atoms with van der Waals surface area (Å²) in [5.41, 5.74) is 2.29. The summed E-state index contributed by atoms with van der Waals surface area (Å²) in [5.74, 6) is 1.27. The predicted molar refractivity (Wildman–Crippen MR) is 82.5 cm³/mol. The maximum absolute atomic E-state index is 6.13. The van der Waals surface area contributed by atoms with Crippen LogP contribution in [-0.4, -0.2) is 21.8 Å². The highest BCUT2D eigenvalue weighted by molar-refractivity contribution is 6.31. The van der Waals surface area contributed by atoms with Crippen molar-refractivity contribution in [2.45, 2.75) is 26.4 Å². The van der Waals surface area contributed by atoms with Crippen LogP contribution in [0.2, 0.25) is 5.02 Å². The second kappa shape index (κ2) is 5.87. The summed E-state index contributed by atoms with van der Waals surface area (Å²) >= 11 is 6.13. The summed E-state index contributed by atoms with van der Waals surface area (Å²) in [5, 5.41) is 13.2. The van der Waals surface area contributed by atoms with Gasteiger partial charge in [0.25, 0.3) is 0 Å². The van der Waals surface area contributed by atoms with Crippen molar-refractivity contribution in [3.05, 3.63) is 46.8 Å². The molecule has 3 rings (SSSR count). The lowest BCUT2D eigenvalue weighted by Crippen LogP contribution is -2.04. The van der Waals surface area contributed by atoms with Crippen molar-refractivity contribution in [2.24, 2.45) is 0 Å². The van der Waals surface area contributed by atoms with Gasteiger partial charge in [0.15, 0.2) is 0 Å². The Morgan fingerprint density at radius 1 is 1.29 bits per heavy atom. The molecule has 2 aromatic heterocycles. The molecule has 0 fully saturated rings. The minimum absolute atomic E-state index is 0.549. The normalized spacial score (nSPS) is 11.4. The van der Waals surface area contributed by atoms with E-state index in [9.17, 15) is 0 Å². The molecule has 5 nitrogen and oxygen atoms in total. The van der Waals surface area contributed by atoms with Gasteiger partial charge in [0.05, 0.1) is 5.52 Å². The first-order valence-corrected chi connectivity index (χ1v) is 7.32. The number of nitrogens with one attached hydrogen (secondary N) is 1. The molecule has 0 aliphatic rings. The zero-order valence-corrected chi connectivity index (χ0v) is 12.8. The Morgan fingerprint density at radius 3 is 2.81 bits per heavy atom. The van der Waals surface area contributed by atoms with Crippen molar-refractivity contribution in [1.82, 2.24) is 20.1 Å². The Morgan fingerprint density at radius 2 is 2.10 bits per heavy atom. The molecule has 0 atom stereocenters. The maximum atomic E-state index is 6.13. The number of rotatable bonds is 5. The molecular weight excluding hydrogens is 288 g/mol. The standard InChI is InChI=1S/C15H17ClN4O/c1-3-14-18-19-15(21-14)9-20-8-10(7-17-2)12-5-4-11(16)6-13(12)20/h4-6,8,17H,3,7,9H2,1-2H3. The Kier molecular flexibility index (Phi) is 3.94. The Bertz CT molecular complexity index is 762. The maximum Gasteiger partial charge on any atom is 0.236 e. The van der Waals surface area contributed by atoms with Crippen LogP contribution >= 0.6 is 11.6 Å². The molecule has 1 aromatic carbocycles. The Labute approximate surface area is 127 Å². The third kappa shape index (κ3) is 2.80. The largest absolute Gasteiger partial charge is 0.423 e. The van der Waals surface area contributed by atoms with Gasteiger partial charge in [-0.05, 0) is 24.7 Å². The lowest BCUT2D eigenvalue weighted by molar-refractivity contribution is 0.444. The average Bonchev–Trinajstić information content (AvgIpc) is 3.05. The van der Waals surface area contributed by atoms with Crippen molar-refractivity contribution in [2.75, 3.05) is 7.05 Å². The quantitative estimate of drug-likeness (QED) is 0.787. The first-order valence-electron chi connectivity index (χ1n) is 6.94. The summed E-state index contributed by atoms with van der Waals surface area (Å²) in [6.07, 6.45) is 2.85. The number of nitrogens with zero attached hydrogens (tertiary/aromatic N) is 3. The molecule has 6 heteroatoms. The summed E-state index contributed by atoms with van der Waals surface area (Å²) in [6.45, 7) is 3.34. The molecule has 0 saturated carbocycles. The minimum Gasteiger partial charge on any atom is -0.423 e. The molecule has 2 heterocycles. The molecular formula is C15H17ClN4O. The Balaban J connectivity index is 2.02. The van der Waals surface area contributed by atoms with Gasteiger partial charge in [-0.1, -0.05) is 24.6 Å². The van der Waals surface area contributed by atoms with Crippen LogP contribution in [-0.2, 0) is 19.5 Å². The van der Waals surface area contributed by atoms with Crippen LogP contribution in [0.15, 0.2) is 28.8 Å². The van der Waals surface area contributed by atoms with Gasteiger partial charge in [0.2, 0.25) is 11.8 Å². The van der Waals surface area contributed by atoms with Crippen LogP contribution in [0.25, 0.3) is 10.9 Å². The van der Waals surface area contributed by atoms with Gasteiger partial charge in [0, 0.05) is 29.6 Å². The van der Waals surface area contributed by atoms with E-state index in [1.807, 2.05) is 32.2 Å². The van der Waals surface area contributed by atoms with E-state index < -0.39 is 0 Å². The van der Waals surface area contributed by atoms with Gasteiger partial charge in [-0.15, -0.1) is 10.2 Å². The van der Waals surface area contributed by atoms with Gasteiger partial charge in [0.1, 0.15) is 6.54 Å². The first kappa shape index (κ1) is 14.1. The van der Waals surface area contributed by atoms with E-state index in [1.54, 1.807) is 0 Å². The van der Waals surface area contributed by atoms with E-state index >= 15 is 0 Å². The third-order valence-electron chi connectivity index (χ3n) is 3.41. The number of hydrogen-bond acceptors (Lipinski definition) is 4. The molecule has 0 unspecified atom stereocenters. The molecule has 0 saturated heterocycles. The molecule has 1 N–H and O–H groups in total. The Hall–Kier alpha value is -1.85. The van der Waals surface area contributed by atoms with E-state index in [0.717, 1.165) is 23.5 Å². The van der Waals surface area contributed by atoms with Crippen LogP contribution in [0.3, 0.4) is 0 Å². The molecule has 0 amide bonds. The van der Waals surface area contributed by atoms with Gasteiger partial charge >= 0.3 is 0 Å². The SMILES string of the molecule is CCc1nnc(Cn2cc(CNC)c3ccc(Cl)cc32)o1. The molecule has 0 aliphatic heterocycles. The van der Waals surface area contributed by atoms with Gasteiger partial charge in [-0.2, -0.15) is 0 Å². The summed E-state index contributed by atoms with van der Waals surface area (Å²) in [6, 6.07) is 5.93. The molecule has 0 bridgehead atoms. The summed E-state index contributed by atoms with van der Waals surface area (Å²) in [4.78, 5) is 0. The van der Waals surface area contributed by atoms with E-state index in [4.69, 9.17) is 16.0 Å². The number of halogens is 1. The first-order chi connectivity index (χ1) is 10.2. The summed E-state index contributed by atoms with van der Waals surface area (Å²) in [7, 11) is 1.94. The van der Waals surface area contributed by atoms with Crippen LogP contribution in [0.4, 0.5) is 0 Å². The highest BCUT2D eigenvalue weighted by atomic mass is 35.5. The van der Waals surface area contributed by atoms with Gasteiger partial charge in [-0.3, -0.25) is 0 Å². The van der Waals surface area contributed by atoms with Crippen LogP contribution in [0, 0.1) is 0 Å². The molecule has 0 aliphatic carbocycles. The fraction of sp³-hybridized carbons (Fsp3) is 0.333. The number of benzene rings is 1. The predicted octanol–water partition coefficient (Wildman–Crippen LogP) is 3.01. The van der Waals surface area contributed by atoms with E-state index in [-0.39, 0.29) is 0 Å². The lowest BCUT2D eigenvalue weighted by atomic mass is 10.2. The molecule has 3 aromatic rings. The number of fused-ring (bicyclic) bond motifs is 1. The number of hydrogen-bond donors (Lipinski definition) is 1. The van der Waals surface area contributed by atoms with E-state index in [2.05, 4.69) is 26.3 Å². The summed E-state index contributed by atoms with van der Waals surface area (Å²) < 4.78 is 7.69. The van der Waals surface area contributed by atoms with Crippen LogP contribution in [0.1, 0.15) is 24.3 Å². The van der Waals surface area contributed by atoms with Gasteiger partial charge < -0.3 is 14.3 Å². The molecule has 110 valence electrons. The second-order valence-corrected chi connectivity index (χ2v) is 5.35. The van der Waals surface area contributed by atoms with Crippen molar-refractivity contribution in [1.29, 1.82) is 0 Å². The van der Waals surface area contributed by atoms with E-state index in [1.165, 1.54) is 10.9 Å². The van der Waals surface area contributed by atoms with Crippen LogP contribution < -0.4 is 5.32 Å². The fourth-order valence-corrected chi connectivity index (χ4v) is 2.61. The third-order valence-corrected chi connectivity index (χ3v) is 3.65. The van der Waals surface area contributed by atoms with Crippen molar-refractivity contribution >= 4 is 22.5 Å². The van der Waals surface area contributed by atoms with Crippen molar-refractivity contribution in [3.63, 3.8) is 0 Å². The number of aryl methyl sites for hydroxylation is 1. The van der Waals surface area contributed by atoms with E-state index in [0.29, 0.717) is 18.3 Å². The molecule has 0 spiro atoms. The van der Waals surface area contributed by atoms with Crippen molar-refractivity contribution in [3.8, 4) is 0 Å². The molecule has 21 heavy (non-hydrogen) atoms. The topological polar surface area (TPSA) is 55.9 Å². The number of aromatic nitrogens is 3. The average molecular weight is 305 g/mol. The van der Waals surface area contributed by atoms with Crippen LogP contribution in [0.5, 0.6) is 0 Å².